The molecule has 1 aromatic heterocycles. The smallest absolute Gasteiger partial charge is 0.255 e. The fourth-order valence-electron chi connectivity index (χ4n) is 2.48. The molecule has 0 saturated carbocycles. The first-order valence-corrected chi connectivity index (χ1v) is 10.8. The molecule has 0 aliphatic carbocycles. The molecule has 6 nitrogen and oxygen atoms in total. The SMILES string of the molecule is C=CCNS(=O)(=O)c1cccc(C(=O)Nc2ccc(-c3csc(C)n3)cc2)c1. The minimum absolute atomic E-state index is 0.0243. The molecule has 2 aromatic carbocycles. The van der Waals surface area contributed by atoms with Gasteiger partial charge in [0.05, 0.1) is 15.6 Å². The van der Waals surface area contributed by atoms with E-state index in [-0.39, 0.29) is 17.0 Å². The minimum Gasteiger partial charge on any atom is -0.322 e. The van der Waals surface area contributed by atoms with Gasteiger partial charge in [-0.25, -0.2) is 18.1 Å². The minimum atomic E-state index is -3.69. The number of hydrogen-bond acceptors (Lipinski definition) is 5. The molecule has 2 N–H and O–H groups in total. The lowest BCUT2D eigenvalue weighted by Gasteiger charge is -2.09. The highest BCUT2D eigenvalue weighted by Gasteiger charge is 2.15. The number of nitrogens with zero attached hydrogens (tertiary/aromatic N) is 1. The molecule has 144 valence electrons. The molecule has 0 saturated heterocycles. The standard InChI is InChI=1S/C20H19N3O3S2/c1-3-11-21-28(25,26)18-6-4-5-16(12-18)20(24)23-17-9-7-15(8-10-17)19-13-27-14(2)22-19/h3-10,12-13,21H,1,11H2,2H3,(H,23,24). The van der Waals surface area contributed by atoms with Gasteiger partial charge in [-0.15, -0.1) is 17.9 Å². The number of benzene rings is 2. The van der Waals surface area contributed by atoms with E-state index in [0.29, 0.717) is 5.69 Å². The first-order chi connectivity index (χ1) is 13.4. The van der Waals surface area contributed by atoms with E-state index in [1.807, 2.05) is 24.4 Å². The van der Waals surface area contributed by atoms with Crippen molar-refractivity contribution in [3.8, 4) is 11.3 Å². The number of hydrogen-bond donors (Lipinski definition) is 2. The molecule has 3 rings (SSSR count). The summed E-state index contributed by atoms with van der Waals surface area (Å²) in [6, 6.07) is 13.2. The van der Waals surface area contributed by atoms with E-state index >= 15 is 0 Å². The Morgan fingerprint density at radius 2 is 1.96 bits per heavy atom. The number of carbonyl (C=O) groups excluding carboxylic acids is 1. The monoisotopic (exact) mass is 413 g/mol. The summed E-state index contributed by atoms with van der Waals surface area (Å²) in [5.41, 5.74) is 2.72. The Kier molecular flexibility index (Phi) is 6.03. The maximum atomic E-state index is 12.5. The van der Waals surface area contributed by atoms with Crippen LogP contribution < -0.4 is 10.0 Å². The van der Waals surface area contributed by atoms with Crippen LogP contribution in [0.4, 0.5) is 5.69 Å². The van der Waals surface area contributed by atoms with Gasteiger partial charge < -0.3 is 5.32 Å². The molecule has 1 amide bonds. The van der Waals surface area contributed by atoms with Crippen molar-refractivity contribution in [2.45, 2.75) is 11.8 Å². The lowest BCUT2D eigenvalue weighted by atomic mass is 10.1. The van der Waals surface area contributed by atoms with Crippen molar-refractivity contribution in [2.75, 3.05) is 11.9 Å². The third-order valence-electron chi connectivity index (χ3n) is 3.88. The lowest BCUT2D eigenvalue weighted by Crippen LogP contribution is -2.24. The van der Waals surface area contributed by atoms with Crippen LogP contribution in [0.5, 0.6) is 0 Å². The predicted molar refractivity (Wildman–Crippen MR) is 112 cm³/mol. The molecule has 0 aliphatic heterocycles. The number of aryl methyl sites for hydroxylation is 1. The van der Waals surface area contributed by atoms with Gasteiger partial charge in [0, 0.05) is 28.7 Å². The predicted octanol–water partition coefficient (Wildman–Crippen LogP) is 3.84. The van der Waals surface area contributed by atoms with Crippen LogP contribution in [0.15, 0.2) is 71.5 Å². The van der Waals surface area contributed by atoms with Gasteiger partial charge in [-0.05, 0) is 37.3 Å². The number of thiazole rings is 1. The second-order valence-corrected chi connectivity index (χ2v) is 8.78. The molecular formula is C20H19N3O3S2. The summed E-state index contributed by atoms with van der Waals surface area (Å²) in [6.45, 7) is 5.55. The van der Waals surface area contributed by atoms with Crippen LogP contribution >= 0.6 is 11.3 Å². The molecule has 3 aromatic rings. The Morgan fingerprint density at radius 3 is 2.61 bits per heavy atom. The van der Waals surface area contributed by atoms with Gasteiger partial charge in [0.15, 0.2) is 0 Å². The summed E-state index contributed by atoms with van der Waals surface area (Å²) in [5, 5.41) is 5.75. The number of sulfonamides is 1. The summed E-state index contributed by atoms with van der Waals surface area (Å²) in [5.74, 6) is -0.391. The number of anilines is 1. The summed E-state index contributed by atoms with van der Waals surface area (Å²) in [7, 11) is -3.69. The Hall–Kier alpha value is -2.81. The molecule has 0 spiro atoms. The molecular weight excluding hydrogens is 394 g/mol. The van der Waals surface area contributed by atoms with Crippen LogP contribution in [-0.4, -0.2) is 25.9 Å². The van der Waals surface area contributed by atoms with Crippen LogP contribution in [0, 0.1) is 6.92 Å². The highest BCUT2D eigenvalue weighted by atomic mass is 32.2. The summed E-state index contributed by atoms with van der Waals surface area (Å²) >= 11 is 1.58. The van der Waals surface area contributed by atoms with E-state index in [0.717, 1.165) is 16.3 Å². The van der Waals surface area contributed by atoms with Crippen LogP contribution in [0.1, 0.15) is 15.4 Å². The molecule has 28 heavy (non-hydrogen) atoms. The zero-order valence-corrected chi connectivity index (χ0v) is 16.8. The summed E-state index contributed by atoms with van der Waals surface area (Å²) in [6.07, 6.45) is 1.45. The number of rotatable bonds is 7. The number of aromatic nitrogens is 1. The largest absolute Gasteiger partial charge is 0.322 e. The van der Waals surface area contributed by atoms with E-state index in [9.17, 15) is 13.2 Å². The molecule has 0 unspecified atom stereocenters. The fraction of sp³-hybridized carbons (Fsp3) is 0.100. The van der Waals surface area contributed by atoms with E-state index in [2.05, 4.69) is 21.6 Å². The van der Waals surface area contributed by atoms with E-state index in [4.69, 9.17) is 0 Å². The third-order valence-corrected chi connectivity index (χ3v) is 6.08. The molecule has 0 radical (unpaired) electrons. The quantitative estimate of drug-likeness (QED) is 0.576. The molecule has 0 bridgehead atoms. The van der Waals surface area contributed by atoms with Crippen LogP contribution in [-0.2, 0) is 10.0 Å². The number of nitrogens with one attached hydrogen (secondary N) is 2. The highest BCUT2D eigenvalue weighted by Crippen LogP contribution is 2.23. The van der Waals surface area contributed by atoms with Gasteiger partial charge in [0.25, 0.3) is 5.91 Å². The number of amides is 1. The van der Waals surface area contributed by atoms with Gasteiger partial charge in [0.2, 0.25) is 10.0 Å². The van der Waals surface area contributed by atoms with Gasteiger partial charge in [-0.1, -0.05) is 24.3 Å². The van der Waals surface area contributed by atoms with Crippen LogP contribution in [0.3, 0.4) is 0 Å². The summed E-state index contributed by atoms with van der Waals surface area (Å²) < 4.78 is 26.8. The molecule has 8 heteroatoms. The molecule has 0 fully saturated rings. The second-order valence-electron chi connectivity index (χ2n) is 5.95. The highest BCUT2D eigenvalue weighted by molar-refractivity contribution is 7.89. The van der Waals surface area contributed by atoms with Crippen molar-refractivity contribution in [1.82, 2.24) is 9.71 Å². The van der Waals surface area contributed by atoms with Crippen molar-refractivity contribution in [1.29, 1.82) is 0 Å². The van der Waals surface area contributed by atoms with Crippen molar-refractivity contribution >= 4 is 33.0 Å². The average Bonchev–Trinajstić information content (AvgIpc) is 3.13. The van der Waals surface area contributed by atoms with Gasteiger partial charge >= 0.3 is 0 Å². The Morgan fingerprint density at radius 1 is 1.21 bits per heavy atom. The molecule has 0 aliphatic rings. The van der Waals surface area contributed by atoms with Crippen molar-refractivity contribution in [3.05, 3.63) is 77.1 Å². The third kappa shape index (κ3) is 4.72. The van der Waals surface area contributed by atoms with Crippen molar-refractivity contribution in [3.63, 3.8) is 0 Å². The zero-order chi connectivity index (χ0) is 20.1. The average molecular weight is 414 g/mol. The van der Waals surface area contributed by atoms with Gasteiger partial charge in [-0.3, -0.25) is 4.79 Å². The topological polar surface area (TPSA) is 88.2 Å². The first-order valence-electron chi connectivity index (χ1n) is 8.43. The Bertz CT molecular complexity index is 1100. The summed E-state index contributed by atoms with van der Waals surface area (Å²) in [4.78, 5) is 17.0. The van der Waals surface area contributed by atoms with Crippen molar-refractivity contribution in [2.24, 2.45) is 0 Å². The van der Waals surface area contributed by atoms with E-state index in [1.165, 1.54) is 24.3 Å². The van der Waals surface area contributed by atoms with Gasteiger partial charge in [0.1, 0.15) is 0 Å². The normalized spacial score (nSPS) is 11.2. The maximum Gasteiger partial charge on any atom is 0.255 e. The van der Waals surface area contributed by atoms with E-state index in [1.54, 1.807) is 29.5 Å². The number of carbonyl (C=O) groups is 1. The second kappa shape index (κ2) is 8.47. The Balaban J connectivity index is 1.74. The van der Waals surface area contributed by atoms with Gasteiger partial charge in [-0.2, -0.15) is 0 Å². The maximum absolute atomic E-state index is 12.5. The lowest BCUT2D eigenvalue weighted by molar-refractivity contribution is 0.102. The fourth-order valence-corrected chi connectivity index (χ4v) is 4.15. The Labute approximate surface area is 168 Å². The molecule has 1 heterocycles. The van der Waals surface area contributed by atoms with Crippen molar-refractivity contribution < 1.29 is 13.2 Å². The van der Waals surface area contributed by atoms with Crippen LogP contribution in [0.25, 0.3) is 11.3 Å². The first kappa shape index (κ1) is 19.9. The van der Waals surface area contributed by atoms with Crippen LogP contribution in [0.2, 0.25) is 0 Å². The van der Waals surface area contributed by atoms with E-state index < -0.39 is 15.9 Å². The molecule has 0 atom stereocenters. The zero-order valence-electron chi connectivity index (χ0n) is 15.2.